The fraction of sp³-hybridized carbons (Fsp3) is 0.0625. The summed E-state index contributed by atoms with van der Waals surface area (Å²) < 4.78 is 0. The van der Waals surface area contributed by atoms with E-state index in [1.807, 2.05) is 49.4 Å². The molecule has 20 heavy (non-hydrogen) atoms. The summed E-state index contributed by atoms with van der Waals surface area (Å²) in [7, 11) is 0. The van der Waals surface area contributed by atoms with Crippen LogP contribution in [0.4, 0.5) is 0 Å². The van der Waals surface area contributed by atoms with Crippen LogP contribution in [0.1, 0.15) is 5.69 Å². The van der Waals surface area contributed by atoms with Crippen molar-refractivity contribution in [2.24, 2.45) is 0 Å². The number of nitrogens with zero attached hydrogens (tertiary/aromatic N) is 1. The lowest BCUT2D eigenvalue weighted by atomic mass is 10.1. The number of aromatic amines is 1. The van der Waals surface area contributed by atoms with Crippen LogP contribution in [-0.4, -0.2) is 9.97 Å². The summed E-state index contributed by atoms with van der Waals surface area (Å²) >= 11 is 12.3. The van der Waals surface area contributed by atoms with Crippen molar-refractivity contribution >= 4 is 23.2 Å². The second-order valence-corrected chi connectivity index (χ2v) is 5.31. The van der Waals surface area contributed by atoms with E-state index in [0.717, 1.165) is 28.3 Å². The van der Waals surface area contributed by atoms with Crippen molar-refractivity contribution in [3.63, 3.8) is 0 Å². The number of benzene rings is 2. The molecule has 2 nitrogen and oxygen atoms in total. The number of nitrogens with one attached hydrogen (secondary N) is 1. The molecule has 0 spiro atoms. The summed E-state index contributed by atoms with van der Waals surface area (Å²) in [5.41, 5.74) is 3.81. The molecule has 0 aliphatic heterocycles. The largest absolute Gasteiger partial charge is 0.341 e. The van der Waals surface area contributed by atoms with E-state index in [1.165, 1.54) is 0 Å². The molecule has 0 fully saturated rings. The van der Waals surface area contributed by atoms with Crippen molar-refractivity contribution in [2.45, 2.75) is 6.92 Å². The lowest BCUT2D eigenvalue weighted by molar-refractivity contribution is 1.26. The molecule has 1 heterocycles. The normalized spacial score (nSPS) is 10.8. The zero-order chi connectivity index (χ0) is 14.1. The van der Waals surface area contributed by atoms with E-state index in [4.69, 9.17) is 23.2 Å². The molecule has 3 aromatic rings. The van der Waals surface area contributed by atoms with Gasteiger partial charge in [-0.1, -0.05) is 59.6 Å². The maximum Gasteiger partial charge on any atom is 0.139 e. The van der Waals surface area contributed by atoms with Crippen LogP contribution in [-0.2, 0) is 0 Å². The van der Waals surface area contributed by atoms with Crippen LogP contribution in [0.5, 0.6) is 0 Å². The quantitative estimate of drug-likeness (QED) is 0.678. The maximum absolute atomic E-state index is 6.24. The topological polar surface area (TPSA) is 28.7 Å². The van der Waals surface area contributed by atoms with Crippen LogP contribution >= 0.6 is 23.2 Å². The SMILES string of the molecule is Cc1[nH]c(-c2cccc(Cl)c2Cl)nc1-c1ccccc1. The highest BCUT2D eigenvalue weighted by atomic mass is 35.5. The van der Waals surface area contributed by atoms with E-state index >= 15 is 0 Å². The Labute approximate surface area is 127 Å². The third-order valence-corrected chi connectivity index (χ3v) is 3.96. The highest BCUT2D eigenvalue weighted by Crippen LogP contribution is 2.33. The number of imidazole rings is 1. The summed E-state index contributed by atoms with van der Waals surface area (Å²) in [4.78, 5) is 7.93. The molecular formula is C16H12Cl2N2. The minimum atomic E-state index is 0.516. The van der Waals surface area contributed by atoms with E-state index in [2.05, 4.69) is 9.97 Å². The monoisotopic (exact) mass is 302 g/mol. The number of halogens is 2. The molecule has 1 N–H and O–H groups in total. The number of hydrogen-bond acceptors (Lipinski definition) is 1. The molecule has 2 aromatic carbocycles. The molecule has 0 saturated heterocycles. The van der Waals surface area contributed by atoms with Crippen LogP contribution < -0.4 is 0 Å². The smallest absolute Gasteiger partial charge is 0.139 e. The molecule has 1 aromatic heterocycles. The molecular weight excluding hydrogens is 291 g/mol. The second-order valence-electron chi connectivity index (χ2n) is 4.53. The molecule has 0 radical (unpaired) electrons. The third-order valence-electron chi connectivity index (χ3n) is 3.14. The van der Waals surface area contributed by atoms with Gasteiger partial charge in [-0.2, -0.15) is 0 Å². The highest BCUT2D eigenvalue weighted by Gasteiger charge is 2.13. The molecule has 0 amide bonds. The molecule has 0 unspecified atom stereocenters. The maximum atomic E-state index is 6.24. The number of hydrogen-bond donors (Lipinski definition) is 1. The van der Waals surface area contributed by atoms with Crippen LogP contribution in [0.3, 0.4) is 0 Å². The third kappa shape index (κ3) is 2.33. The predicted octanol–water partition coefficient (Wildman–Crippen LogP) is 5.36. The van der Waals surface area contributed by atoms with Crippen molar-refractivity contribution in [1.29, 1.82) is 0 Å². The van der Waals surface area contributed by atoms with E-state index < -0.39 is 0 Å². The highest BCUT2D eigenvalue weighted by molar-refractivity contribution is 6.43. The van der Waals surface area contributed by atoms with E-state index in [-0.39, 0.29) is 0 Å². The Kier molecular flexibility index (Phi) is 3.51. The molecule has 0 atom stereocenters. The van der Waals surface area contributed by atoms with Crippen molar-refractivity contribution in [1.82, 2.24) is 9.97 Å². The first kappa shape index (κ1) is 13.2. The Balaban J connectivity index is 2.12. The molecule has 0 aliphatic carbocycles. The van der Waals surface area contributed by atoms with Gasteiger partial charge in [0.1, 0.15) is 5.82 Å². The average Bonchev–Trinajstić information content (AvgIpc) is 2.85. The summed E-state index contributed by atoms with van der Waals surface area (Å²) in [6.45, 7) is 2.00. The molecule has 100 valence electrons. The van der Waals surface area contributed by atoms with Crippen molar-refractivity contribution in [3.8, 4) is 22.6 Å². The van der Waals surface area contributed by atoms with Gasteiger partial charge >= 0.3 is 0 Å². The van der Waals surface area contributed by atoms with E-state index in [9.17, 15) is 0 Å². The average molecular weight is 303 g/mol. The lowest BCUT2D eigenvalue weighted by Gasteiger charge is -2.01. The summed E-state index contributed by atoms with van der Waals surface area (Å²) in [6, 6.07) is 15.6. The van der Waals surface area contributed by atoms with Crippen molar-refractivity contribution < 1.29 is 0 Å². The zero-order valence-corrected chi connectivity index (χ0v) is 12.3. The summed E-state index contributed by atoms with van der Waals surface area (Å²) in [5, 5.41) is 1.04. The van der Waals surface area contributed by atoms with Gasteiger partial charge in [0.15, 0.2) is 0 Å². The van der Waals surface area contributed by atoms with Crippen LogP contribution in [0.25, 0.3) is 22.6 Å². The van der Waals surface area contributed by atoms with Gasteiger partial charge in [-0.05, 0) is 19.1 Å². The fourth-order valence-electron chi connectivity index (χ4n) is 2.15. The Hall–Kier alpha value is -1.77. The number of H-pyrrole nitrogens is 1. The van der Waals surface area contributed by atoms with Crippen molar-refractivity contribution in [3.05, 3.63) is 64.3 Å². The van der Waals surface area contributed by atoms with Gasteiger partial charge in [0.05, 0.1) is 15.7 Å². The molecule has 0 bridgehead atoms. The molecule has 0 aliphatic rings. The first-order chi connectivity index (χ1) is 9.66. The minimum absolute atomic E-state index is 0.516. The fourth-order valence-corrected chi connectivity index (χ4v) is 2.54. The standard InChI is InChI=1S/C16H12Cl2N2/c1-10-15(11-6-3-2-4-7-11)20-16(19-10)12-8-5-9-13(17)14(12)18/h2-9H,1H3,(H,19,20). The zero-order valence-electron chi connectivity index (χ0n) is 10.8. The Morgan fingerprint density at radius 1 is 0.950 bits per heavy atom. The second kappa shape index (κ2) is 5.31. The van der Waals surface area contributed by atoms with Crippen LogP contribution in [0, 0.1) is 6.92 Å². The summed E-state index contributed by atoms with van der Waals surface area (Å²) in [6.07, 6.45) is 0. The van der Waals surface area contributed by atoms with Gasteiger partial charge < -0.3 is 4.98 Å². The van der Waals surface area contributed by atoms with Crippen LogP contribution in [0.2, 0.25) is 10.0 Å². The van der Waals surface area contributed by atoms with Gasteiger partial charge in [-0.15, -0.1) is 0 Å². The first-order valence-corrected chi connectivity index (χ1v) is 6.99. The lowest BCUT2D eigenvalue weighted by Crippen LogP contribution is -1.83. The minimum Gasteiger partial charge on any atom is -0.341 e. The van der Waals surface area contributed by atoms with E-state index in [0.29, 0.717) is 10.0 Å². The molecule has 4 heteroatoms. The Morgan fingerprint density at radius 3 is 2.45 bits per heavy atom. The van der Waals surface area contributed by atoms with Crippen molar-refractivity contribution in [2.75, 3.05) is 0 Å². The Morgan fingerprint density at radius 2 is 1.70 bits per heavy atom. The van der Waals surface area contributed by atoms with Gasteiger partial charge in [-0.3, -0.25) is 0 Å². The number of aryl methyl sites for hydroxylation is 1. The van der Waals surface area contributed by atoms with Crippen LogP contribution in [0.15, 0.2) is 48.5 Å². The summed E-state index contributed by atoms with van der Waals surface area (Å²) in [5.74, 6) is 0.730. The molecule has 0 saturated carbocycles. The number of rotatable bonds is 2. The van der Waals surface area contributed by atoms with Gasteiger partial charge in [-0.25, -0.2) is 4.98 Å². The van der Waals surface area contributed by atoms with E-state index in [1.54, 1.807) is 6.07 Å². The van der Waals surface area contributed by atoms with Gasteiger partial charge in [0, 0.05) is 16.8 Å². The predicted molar refractivity (Wildman–Crippen MR) is 84.2 cm³/mol. The van der Waals surface area contributed by atoms with Gasteiger partial charge in [0.2, 0.25) is 0 Å². The number of aromatic nitrogens is 2. The Bertz CT molecular complexity index is 748. The van der Waals surface area contributed by atoms with Gasteiger partial charge in [0.25, 0.3) is 0 Å². The first-order valence-electron chi connectivity index (χ1n) is 6.23. The molecule has 3 rings (SSSR count).